The summed E-state index contributed by atoms with van der Waals surface area (Å²) in [6, 6.07) is 0. The number of hydrogen-bond acceptors (Lipinski definition) is 5. The van der Waals surface area contributed by atoms with Gasteiger partial charge < -0.3 is 4.57 Å². The molecule has 7 heteroatoms. The van der Waals surface area contributed by atoms with Crippen LogP contribution in [0, 0.1) is 13.8 Å². The molecule has 0 amide bonds. The van der Waals surface area contributed by atoms with E-state index in [4.69, 9.17) is 0 Å². The smallest absolute Gasteiger partial charge is 0.277 e. The predicted octanol–water partition coefficient (Wildman–Crippen LogP) is 2.89. The Balaban J connectivity index is 1.98. The maximum atomic E-state index is 12.5. The molecular formula is C17H21N5OS. The normalized spacial score (nSPS) is 11.4. The van der Waals surface area contributed by atoms with Crippen molar-refractivity contribution < 1.29 is 0 Å². The number of thiazole rings is 1. The molecule has 0 fully saturated rings. The molecule has 0 atom stereocenters. The Labute approximate surface area is 144 Å². The molecule has 3 rings (SSSR count). The van der Waals surface area contributed by atoms with Gasteiger partial charge in [-0.05, 0) is 19.4 Å². The van der Waals surface area contributed by atoms with Gasteiger partial charge in [-0.1, -0.05) is 13.8 Å². The highest BCUT2D eigenvalue weighted by Gasteiger charge is 2.16. The van der Waals surface area contributed by atoms with E-state index in [9.17, 15) is 4.79 Å². The van der Waals surface area contributed by atoms with Crippen molar-refractivity contribution in [1.82, 2.24) is 24.3 Å². The van der Waals surface area contributed by atoms with E-state index in [1.54, 1.807) is 7.05 Å². The van der Waals surface area contributed by atoms with E-state index in [2.05, 4.69) is 33.5 Å². The van der Waals surface area contributed by atoms with E-state index in [0.29, 0.717) is 18.0 Å². The highest BCUT2D eigenvalue weighted by Crippen LogP contribution is 2.25. The molecule has 0 spiro atoms. The van der Waals surface area contributed by atoms with E-state index >= 15 is 0 Å². The lowest BCUT2D eigenvalue weighted by Gasteiger charge is -2.09. The molecule has 0 bridgehead atoms. The monoisotopic (exact) mass is 343 g/mol. The van der Waals surface area contributed by atoms with Crippen molar-refractivity contribution in [3.8, 4) is 10.6 Å². The van der Waals surface area contributed by atoms with Gasteiger partial charge in [0, 0.05) is 30.7 Å². The minimum absolute atomic E-state index is 0.107. The van der Waals surface area contributed by atoms with Crippen LogP contribution in [-0.4, -0.2) is 24.3 Å². The fourth-order valence-electron chi connectivity index (χ4n) is 2.72. The minimum atomic E-state index is -0.107. The van der Waals surface area contributed by atoms with Gasteiger partial charge in [-0.2, -0.15) is 5.10 Å². The molecule has 6 nitrogen and oxygen atoms in total. The molecule has 0 saturated carbocycles. The SMILES string of the molecule is Cc1nn(C)c(=O)c(-c2nc(Cn3ccnc3C(C)C)cs2)c1C. The average Bonchev–Trinajstić information content (AvgIpc) is 3.16. The Hall–Kier alpha value is -2.28. The Morgan fingerprint density at radius 2 is 2.04 bits per heavy atom. The highest BCUT2D eigenvalue weighted by molar-refractivity contribution is 7.13. The van der Waals surface area contributed by atoms with Crippen LogP contribution in [0.2, 0.25) is 0 Å². The summed E-state index contributed by atoms with van der Waals surface area (Å²) in [5.74, 6) is 1.40. The van der Waals surface area contributed by atoms with Gasteiger partial charge >= 0.3 is 0 Å². The summed E-state index contributed by atoms with van der Waals surface area (Å²) in [7, 11) is 1.67. The van der Waals surface area contributed by atoms with Crippen molar-refractivity contribution in [3.63, 3.8) is 0 Å². The maximum Gasteiger partial charge on any atom is 0.277 e. The summed E-state index contributed by atoms with van der Waals surface area (Å²) >= 11 is 1.50. The molecule has 24 heavy (non-hydrogen) atoms. The number of hydrogen-bond donors (Lipinski definition) is 0. The lowest BCUT2D eigenvalue weighted by Crippen LogP contribution is -2.23. The van der Waals surface area contributed by atoms with Crippen molar-refractivity contribution in [1.29, 1.82) is 0 Å². The van der Waals surface area contributed by atoms with Crippen LogP contribution < -0.4 is 5.56 Å². The van der Waals surface area contributed by atoms with Crippen molar-refractivity contribution in [2.75, 3.05) is 0 Å². The Morgan fingerprint density at radius 1 is 1.29 bits per heavy atom. The molecule has 3 aromatic heterocycles. The van der Waals surface area contributed by atoms with E-state index < -0.39 is 0 Å². The molecule has 3 aromatic rings. The molecule has 0 aliphatic rings. The van der Waals surface area contributed by atoms with Gasteiger partial charge in [-0.3, -0.25) is 4.79 Å². The number of imidazole rings is 1. The van der Waals surface area contributed by atoms with Gasteiger partial charge in [-0.25, -0.2) is 14.6 Å². The standard InChI is InChI=1S/C17H21N5OS/c1-10(2)15-18-6-7-22(15)8-13-9-24-16(19-13)14-11(3)12(4)20-21(5)17(14)23/h6-7,9-10H,8H2,1-5H3. The lowest BCUT2D eigenvalue weighted by atomic mass is 10.1. The van der Waals surface area contributed by atoms with Gasteiger partial charge in [0.05, 0.1) is 23.5 Å². The lowest BCUT2D eigenvalue weighted by molar-refractivity contribution is 0.663. The molecule has 0 aromatic carbocycles. The van der Waals surface area contributed by atoms with Crippen LogP contribution in [0.15, 0.2) is 22.6 Å². The molecule has 0 aliphatic carbocycles. The molecule has 3 heterocycles. The zero-order valence-electron chi connectivity index (χ0n) is 14.6. The first kappa shape index (κ1) is 16.6. The largest absolute Gasteiger partial charge is 0.329 e. The number of aromatic nitrogens is 5. The number of aryl methyl sites for hydroxylation is 2. The Morgan fingerprint density at radius 3 is 2.75 bits per heavy atom. The zero-order valence-corrected chi connectivity index (χ0v) is 15.4. The number of rotatable bonds is 4. The molecule has 0 unspecified atom stereocenters. The Bertz CT molecular complexity index is 935. The summed E-state index contributed by atoms with van der Waals surface area (Å²) in [5, 5.41) is 6.98. The zero-order chi connectivity index (χ0) is 17.4. The van der Waals surface area contributed by atoms with E-state index in [-0.39, 0.29) is 5.56 Å². The quantitative estimate of drug-likeness (QED) is 0.730. The van der Waals surface area contributed by atoms with Crippen molar-refractivity contribution >= 4 is 11.3 Å². The second-order valence-corrected chi connectivity index (χ2v) is 7.08. The fraction of sp³-hybridized carbons (Fsp3) is 0.412. The van der Waals surface area contributed by atoms with Crippen LogP contribution in [0.5, 0.6) is 0 Å². The fourth-order valence-corrected chi connectivity index (χ4v) is 3.63. The second kappa shape index (κ2) is 6.32. The first-order valence-corrected chi connectivity index (χ1v) is 8.76. The third-order valence-corrected chi connectivity index (χ3v) is 5.00. The second-order valence-electron chi connectivity index (χ2n) is 6.23. The molecule has 0 N–H and O–H groups in total. The van der Waals surface area contributed by atoms with Gasteiger partial charge in [0.15, 0.2) is 0 Å². The van der Waals surface area contributed by atoms with E-state index in [1.165, 1.54) is 16.0 Å². The molecule has 0 radical (unpaired) electrons. The summed E-state index contributed by atoms with van der Waals surface area (Å²) in [6.07, 6.45) is 3.78. The average molecular weight is 343 g/mol. The van der Waals surface area contributed by atoms with Gasteiger partial charge in [0.2, 0.25) is 0 Å². The van der Waals surface area contributed by atoms with Crippen LogP contribution in [0.4, 0.5) is 0 Å². The van der Waals surface area contributed by atoms with Crippen LogP contribution >= 0.6 is 11.3 Å². The molecular weight excluding hydrogens is 322 g/mol. The molecule has 0 saturated heterocycles. The van der Waals surface area contributed by atoms with Gasteiger partial charge in [0.25, 0.3) is 5.56 Å². The summed E-state index contributed by atoms with van der Waals surface area (Å²) < 4.78 is 3.48. The summed E-state index contributed by atoms with van der Waals surface area (Å²) in [5.41, 5.74) is 3.22. The summed E-state index contributed by atoms with van der Waals surface area (Å²) in [4.78, 5) is 21.6. The van der Waals surface area contributed by atoms with Crippen LogP contribution in [-0.2, 0) is 13.6 Å². The van der Waals surface area contributed by atoms with Gasteiger partial charge in [-0.15, -0.1) is 11.3 Å². The predicted molar refractivity (Wildman–Crippen MR) is 95.5 cm³/mol. The highest BCUT2D eigenvalue weighted by atomic mass is 32.1. The maximum absolute atomic E-state index is 12.5. The molecule has 126 valence electrons. The third kappa shape index (κ3) is 2.91. The Kier molecular flexibility index (Phi) is 4.36. The van der Waals surface area contributed by atoms with Crippen LogP contribution in [0.1, 0.15) is 42.5 Å². The molecule has 0 aliphatic heterocycles. The van der Waals surface area contributed by atoms with E-state index in [0.717, 1.165) is 27.8 Å². The topological polar surface area (TPSA) is 65.6 Å². The van der Waals surface area contributed by atoms with Crippen molar-refractivity contribution in [2.24, 2.45) is 7.05 Å². The minimum Gasteiger partial charge on any atom is -0.329 e. The van der Waals surface area contributed by atoms with Crippen molar-refractivity contribution in [2.45, 2.75) is 40.2 Å². The van der Waals surface area contributed by atoms with E-state index in [1.807, 2.05) is 31.6 Å². The van der Waals surface area contributed by atoms with Crippen LogP contribution in [0.25, 0.3) is 10.6 Å². The first-order chi connectivity index (χ1) is 11.4. The first-order valence-electron chi connectivity index (χ1n) is 7.88. The van der Waals surface area contributed by atoms with Crippen molar-refractivity contribution in [3.05, 3.63) is 50.9 Å². The van der Waals surface area contributed by atoms with Gasteiger partial charge in [0.1, 0.15) is 10.8 Å². The third-order valence-electron chi connectivity index (χ3n) is 4.09. The summed E-state index contributed by atoms with van der Waals surface area (Å²) in [6.45, 7) is 8.74. The van der Waals surface area contributed by atoms with Crippen LogP contribution in [0.3, 0.4) is 0 Å². The number of nitrogens with zero attached hydrogens (tertiary/aromatic N) is 5.